The Morgan fingerprint density at radius 2 is 2.11 bits per heavy atom. The Morgan fingerprint density at radius 1 is 1.39 bits per heavy atom. The van der Waals surface area contributed by atoms with E-state index in [1.807, 2.05) is 0 Å². The summed E-state index contributed by atoms with van der Waals surface area (Å²) < 4.78 is 1.62. The Labute approximate surface area is 104 Å². The largest absolute Gasteiger partial charge is 0.395 e. The van der Waals surface area contributed by atoms with Crippen LogP contribution in [0.15, 0.2) is 36.9 Å². The minimum atomic E-state index is -0.116. The molecule has 1 aromatic heterocycles. The van der Waals surface area contributed by atoms with Crippen LogP contribution in [0.5, 0.6) is 0 Å². The van der Waals surface area contributed by atoms with Crippen molar-refractivity contribution in [2.24, 2.45) is 0 Å². The molecule has 0 saturated heterocycles. The van der Waals surface area contributed by atoms with Crippen molar-refractivity contribution >= 4 is 5.91 Å². The first-order valence-corrected chi connectivity index (χ1v) is 5.54. The van der Waals surface area contributed by atoms with Gasteiger partial charge in [0.2, 0.25) is 0 Å². The topological polar surface area (TPSA) is 71.2 Å². The zero-order valence-electron chi connectivity index (χ0n) is 10.0. The van der Waals surface area contributed by atoms with E-state index in [4.69, 9.17) is 5.11 Å². The molecular weight excluding hydrogens is 232 g/mol. The molecule has 2 rings (SSSR count). The molecule has 0 radical (unpaired) electrons. The van der Waals surface area contributed by atoms with Crippen LogP contribution in [0.1, 0.15) is 10.4 Å². The number of rotatable bonds is 4. The molecule has 0 bridgehead atoms. The SMILES string of the molecule is CN(CCO)C(=O)c1ccc(-n2cncn2)cc1. The van der Waals surface area contributed by atoms with Crippen molar-refractivity contribution in [2.75, 3.05) is 20.2 Å². The van der Waals surface area contributed by atoms with Crippen molar-refractivity contribution < 1.29 is 9.90 Å². The highest BCUT2D eigenvalue weighted by atomic mass is 16.3. The fraction of sp³-hybridized carbons (Fsp3) is 0.250. The predicted octanol–water partition coefficient (Wildman–Crippen LogP) is 0.332. The van der Waals surface area contributed by atoms with Gasteiger partial charge >= 0.3 is 0 Å². The number of benzene rings is 1. The van der Waals surface area contributed by atoms with Gasteiger partial charge in [0.1, 0.15) is 12.7 Å². The van der Waals surface area contributed by atoms with Crippen LogP contribution in [0.3, 0.4) is 0 Å². The minimum Gasteiger partial charge on any atom is -0.395 e. The molecule has 0 aliphatic rings. The minimum absolute atomic E-state index is 0.0424. The van der Waals surface area contributed by atoms with Gasteiger partial charge in [-0.15, -0.1) is 0 Å². The second-order valence-electron chi connectivity index (χ2n) is 3.84. The van der Waals surface area contributed by atoms with Crippen LogP contribution in [-0.4, -0.2) is 50.9 Å². The maximum absolute atomic E-state index is 11.9. The lowest BCUT2D eigenvalue weighted by Crippen LogP contribution is -2.29. The van der Waals surface area contributed by atoms with Crippen molar-refractivity contribution in [1.29, 1.82) is 0 Å². The number of hydrogen-bond acceptors (Lipinski definition) is 4. The number of carbonyl (C=O) groups is 1. The lowest BCUT2D eigenvalue weighted by atomic mass is 10.2. The van der Waals surface area contributed by atoms with E-state index in [0.29, 0.717) is 12.1 Å². The highest BCUT2D eigenvalue weighted by Gasteiger charge is 2.10. The monoisotopic (exact) mass is 246 g/mol. The normalized spacial score (nSPS) is 10.3. The Balaban J connectivity index is 2.15. The van der Waals surface area contributed by atoms with Crippen LogP contribution in [0.4, 0.5) is 0 Å². The molecule has 2 aromatic rings. The van der Waals surface area contributed by atoms with Crippen molar-refractivity contribution in [3.05, 3.63) is 42.5 Å². The van der Waals surface area contributed by atoms with E-state index in [-0.39, 0.29) is 12.5 Å². The molecular formula is C12H14N4O2. The van der Waals surface area contributed by atoms with Crippen LogP contribution in [0.2, 0.25) is 0 Å². The Kier molecular flexibility index (Phi) is 3.69. The number of aliphatic hydroxyl groups is 1. The Bertz CT molecular complexity index is 507. The fourth-order valence-electron chi connectivity index (χ4n) is 1.57. The summed E-state index contributed by atoms with van der Waals surface area (Å²) in [6.45, 7) is 0.281. The standard InChI is InChI=1S/C12H14N4O2/c1-15(6-7-17)12(18)10-2-4-11(5-3-10)16-9-13-8-14-16/h2-5,8-9,17H,6-7H2,1H3. The van der Waals surface area contributed by atoms with Crippen LogP contribution in [0.25, 0.3) is 5.69 Å². The first kappa shape index (κ1) is 12.3. The van der Waals surface area contributed by atoms with E-state index < -0.39 is 0 Å². The van der Waals surface area contributed by atoms with Crippen molar-refractivity contribution in [3.63, 3.8) is 0 Å². The lowest BCUT2D eigenvalue weighted by molar-refractivity contribution is 0.0767. The molecule has 1 aromatic carbocycles. The summed E-state index contributed by atoms with van der Waals surface area (Å²) in [5, 5.41) is 12.8. The second kappa shape index (κ2) is 5.42. The van der Waals surface area contributed by atoms with E-state index in [2.05, 4.69) is 10.1 Å². The lowest BCUT2D eigenvalue weighted by Gasteiger charge is -2.15. The summed E-state index contributed by atoms with van der Waals surface area (Å²) in [5.41, 5.74) is 1.42. The summed E-state index contributed by atoms with van der Waals surface area (Å²) in [6.07, 6.45) is 3.04. The zero-order valence-corrected chi connectivity index (χ0v) is 10.0. The van der Waals surface area contributed by atoms with E-state index in [1.165, 1.54) is 11.2 Å². The molecule has 1 N–H and O–H groups in total. The summed E-state index contributed by atoms with van der Waals surface area (Å²) in [7, 11) is 1.66. The van der Waals surface area contributed by atoms with Gasteiger partial charge in [0.25, 0.3) is 5.91 Å². The first-order chi connectivity index (χ1) is 8.72. The van der Waals surface area contributed by atoms with Crippen molar-refractivity contribution in [3.8, 4) is 5.69 Å². The number of carbonyl (C=O) groups excluding carboxylic acids is 1. The zero-order chi connectivity index (χ0) is 13.0. The summed E-state index contributed by atoms with van der Waals surface area (Å²) in [6, 6.07) is 7.06. The van der Waals surface area contributed by atoms with E-state index in [1.54, 1.807) is 42.3 Å². The molecule has 0 aliphatic heterocycles. The third-order valence-electron chi connectivity index (χ3n) is 2.58. The third-order valence-corrected chi connectivity index (χ3v) is 2.58. The summed E-state index contributed by atoms with van der Waals surface area (Å²) in [4.78, 5) is 17.2. The van der Waals surface area contributed by atoms with Gasteiger partial charge in [0.15, 0.2) is 0 Å². The van der Waals surface area contributed by atoms with Crippen LogP contribution in [-0.2, 0) is 0 Å². The molecule has 0 saturated carbocycles. The molecule has 0 unspecified atom stereocenters. The van der Waals surface area contributed by atoms with Crippen LogP contribution < -0.4 is 0 Å². The predicted molar refractivity (Wildman–Crippen MR) is 65.4 cm³/mol. The number of hydrogen-bond donors (Lipinski definition) is 1. The van der Waals surface area contributed by atoms with Gasteiger partial charge in [-0.3, -0.25) is 4.79 Å². The highest BCUT2D eigenvalue weighted by Crippen LogP contribution is 2.09. The number of nitrogens with zero attached hydrogens (tertiary/aromatic N) is 4. The molecule has 0 fully saturated rings. The maximum atomic E-state index is 11.9. The van der Waals surface area contributed by atoms with E-state index in [9.17, 15) is 4.79 Å². The molecule has 94 valence electrons. The molecule has 0 aliphatic carbocycles. The molecule has 6 nitrogen and oxygen atoms in total. The average molecular weight is 246 g/mol. The number of amides is 1. The fourth-order valence-corrected chi connectivity index (χ4v) is 1.57. The van der Waals surface area contributed by atoms with Gasteiger partial charge in [0.05, 0.1) is 12.3 Å². The number of likely N-dealkylation sites (N-methyl/N-ethyl adjacent to an activating group) is 1. The summed E-state index contributed by atoms with van der Waals surface area (Å²) >= 11 is 0. The summed E-state index contributed by atoms with van der Waals surface area (Å²) in [5.74, 6) is -0.116. The average Bonchev–Trinajstić information content (AvgIpc) is 2.92. The van der Waals surface area contributed by atoms with Crippen molar-refractivity contribution in [1.82, 2.24) is 19.7 Å². The third kappa shape index (κ3) is 2.54. The van der Waals surface area contributed by atoms with Gasteiger partial charge in [-0.05, 0) is 24.3 Å². The molecule has 1 amide bonds. The van der Waals surface area contributed by atoms with Crippen molar-refractivity contribution in [2.45, 2.75) is 0 Å². The van der Waals surface area contributed by atoms with E-state index in [0.717, 1.165) is 5.69 Å². The van der Waals surface area contributed by atoms with E-state index >= 15 is 0 Å². The Hall–Kier alpha value is -2.21. The second-order valence-corrected chi connectivity index (χ2v) is 3.84. The maximum Gasteiger partial charge on any atom is 0.253 e. The molecule has 1 heterocycles. The van der Waals surface area contributed by atoms with Crippen LogP contribution in [0, 0.1) is 0 Å². The molecule has 0 spiro atoms. The molecule has 0 atom stereocenters. The molecule has 18 heavy (non-hydrogen) atoms. The van der Waals surface area contributed by atoms with Gasteiger partial charge in [-0.2, -0.15) is 5.10 Å². The first-order valence-electron chi connectivity index (χ1n) is 5.54. The van der Waals surface area contributed by atoms with Crippen LogP contribution >= 0.6 is 0 Å². The highest BCUT2D eigenvalue weighted by molar-refractivity contribution is 5.94. The number of aliphatic hydroxyl groups excluding tert-OH is 1. The van der Waals surface area contributed by atoms with Gasteiger partial charge in [-0.25, -0.2) is 9.67 Å². The van der Waals surface area contributed by atoms with Gasteiger partial charge in [-0.1, -0.05) is 0 Å². The van der Waals surface area contributed by atoms with Gasteiger partial charge < -0.3 is 10.0 Å². The smallest absolute Gasteiger partial charge is 0.253 e. The van der Waals surface area contributed by atoms with Gasteiger partial charge in [0, 0.05) is 19.2 Å². The quantitative estimate of drug-likeness (QED) is 0.844. The Morgan fingerprint density at radius 3 is 2.67 bits per heavy atom. The molecule has 6 heteroatoms. The number of aromatic nitrogens is 3.